The summed E-state index contributed by atoms with van der Waals surface area (Å²) in [5.41, 5.74) is -7.39. The Hall–Kier alpha value is -11.6. The van der Waals surface area contributed by atoms with Crippen LogP contribution in [0, 0.1) is 0 Å². The number of carbonyl (C=O) groups excluding carboxylic acids is 10. The van der Waals surface area contributed by atoms with Gasteiger partial charge < -0.3 is 68.8 Å². The van der Waals surface area contributed by atoms with Crippen LogP contribution in [-0.4, -0.2) is 205 Å². The molecular weight excluding hydrogens is 1670 g/mol. The zero-order valence-corrected chi connectivity index (χ0v) is 76.0. The molecule has 0 aliphatic carbocycles. The maximum absolute atomic E-state index is 14.7. The predicted molar refractivity (Wildman–Crippen MR) is 446 cm³/mol. The van der Waals surface area contributed by atoms with E-state index in [2.05, 4.69) is 52.2 Å². The third-order valence-corrected chi connectivity index (χ3v) is 19.1. The number of benzene rings is 2. The summed E-state index contributed by atoms with van der Waals surface area (Å²) >= 11 is 1.66. The number of hydrogen-bond donors (Lipinski definition) is 6. The number of carbonyl (C=O) groups is 10. The zero-order valence-electron chi connectivity index (χ0n) is 73.5. The molecule has 43 heteroatoms. The van der Waals surface area contributed by atoms with Crippen LogP contribution in [0.25, 0.3) is 22.3 Å². The van der Waals surface area contributed by atoms with Crippen molar-refractivity contribution in [1.82, 2.24) is 50.7 Å². The first-order valence-corrected chi connectivity index (χ1v) is 42.2. The lowest BCUT2D eigenvalue weighted by Crippen LogP contribution is -2.78. The number of nitrogens with zero attached hydrogens (tertiary/aromatic N) is 10. The van der Waals surface area contributed by atoms with Crippen molar-refractivity contribution in [2.75, 3.05) is 36.9 Å². The Labute approximate surface area is 721 Å². The van der Waals surface area contributed by atoms with Crippen LogP contribution in [0.2, 0.25) is 0 Å². The molecule has 6 heterocycles. The highest BCUT2D eigenvalue weighted by Gasteiger charge is 2.62. The van der Waals surface area contributed by atoms with Gasteiger partial charge in [-0.05, 0) is 201 Å². The summed E-state index contributed by atoms with van der Waals surface area (Å²) in [5.74, 6) is -6.11. The van der Waals surface area contributed by atoms with Gasteiger partial charge in [-0.15, -0.1) is 40.6 Å². The number of ether oxygens (including phenoxy) is 8. The molecule has 0 unspecified atom stereocenters. The number of alkyl carbamates (subject to hydrolysis) is 2. The average Bonchev–Trinajstić information content (AvgIpc) is 0.792. The van der Waals surface area contributed by atoms with Gasteiger partial charge in [0.15, 0.2) is 35.8 Å². The summed E-state index contributed by atoms with van der Waals surface area (Å²) in [4.78, 5) is 156. The van der Waals surface area contributed by atoms with Gasteiger partial charge in [-0.25, -0.2) is 38.7 Å². The molecule has 6 N–H and O–H groups in total. The molecule has 2 fully saturated rings. The Kier molecular flexibility index (Phi) is 30.6. The normalized spacial score (nSPS) is 16.1. The van der Waals surface area contributed by atoms with Crippen molar-refractivity contribution in [3.05, 3.63) is 95.5 Å². The van der Waals surface area contributed by atoms with Crippen LogP contribution in [0.1, 0.15) is 177 Å². The zero-order chi connectivity index (χ0) is 91.5. The summed E-state index contributed by atoms with van der Waals surface area (Å²) in [7, 11) is -1.75. The lowest BCUT2D eigenvalue weighted by Gasteiger charge is -2.52. The van der Waals surface area contributed by atoms with Crippen LogP contribution >= 0.6 is 22.7 Å². The van der Waals surface area contributed by atoms with Crippen LogP contribution < -0.4 is 50.7 Å². The van der Waals surface area contributed by atoms with Crippen molar-refractivity contribution in [3.63, 3.8) is 0 Å². The van der Waals surface area contributed by atoms with Crippen LogP contribution in [0.5, 0.6) is 11.5 Å². The van der Waals surface area contributed by atoms with Gasteiger partial charge in [-0.1, -0.05) is 34.6 Å². The summed E-state index contributed by atoms with van der Waals surface area (Å²) < 4.78 is 91.0. The minimum absolute atomic E-state index is 0.0905. The van der Waals surface area contributed by atoms with Gasteiger partial charge in [0, 0.05) is 23.8 Å². The lowest BCUT2D eigenvalue weighted by molar-refractivity contribution is -0.753. The van der Waals surface area contributed by atoms with E-state index in [0.717, 1.165) is 44.9 Å². The SMILES string of the molecule is C[n+]1cc(-c2ccc(OC[C@H](O/N=C(\C(=O)N[C@@H]3C(=O)N(OS(=O)(=O)ON4C(=O)[C@@H](NC(=O)/C(=N\O[C@@H](COc5ccc(-c6cn(CCCNC(=O)OC(C)(C)C)[n+](C)c6)cc5)C(=O)OC(C)(C)C)c5csc(NC(=O)OC(C)(C)C)n5)C4(C)C)C3(C)C)c3csc(NC(=O)OC(C)(C)C)n3)C(=O)OC(C)(C)C)cc2)cn1CCCNC(=O)OC(C)(C)C. The molecule has 2 aliphatic heterocycles. The number of aryl methyl sites for hydroxylation is 4. The molecular formula is C80H112N16O24S3+2. The Morgan fingerprint density at radius 2 is 0.797 bits per heavy atom. The maximum Gasteiger partial charge on any atom is 0.442 e. The quantitative estimate of drug-likeness (QED) is 0.00418. The first-order chi connectivity index (χ1) is 56.8. The lowest BCUT2D eigenvalue weighted by atomic mass is 9.84. The van der Waals surface area contributed by atoms with Crippen molar-refractivity contribution >= 4 is 115 Å². The minimum atomic E-state index is -5.50. The number of esters is 2. The number of rotatable bonds is 34. The van der Waals surface area contributed by atoms with Crippen molar-refractivity contribution < 1.29 is 122 Å². The largest absolute Gasteiger partial charge is 0.489 e. The number of thiazole rings is 2. The maximum atomic E-state index is 14.7. The van der Waals surface area contributed by atoms with Crippen LogP contribution in [0.4, 0.5) is 29.4 Å². The first kappa shape index (κ1) is 96.9. The molecule has 8 amide bonds. The molecule has 4 aromatic heterocycles. The molecule has 0 saturated carbocycles. The first-order valence-electron chi connectivity index (χ1n) is 39.1. The minimum Gasteiger partial charge on any atom is -0.489 e. The van der Waals surface area contributed by atoms with E-state index >= 15 is 0 Å². The highest BCUT2D eigenvalue weighted by molar-refractivity contribution is 7.81. The smallest absolute Gasteiger partial charge is 0.442 e. The fourth-order valence-electron chi connectivity index (χ4n) is 11.4. The molecule has 8 rings (SSSR count). The van der Waals surface area contributed by atoms with E-state index in [1.807, 2.05) is 57.6 Å². The van der Waals surface area contributed by atoms with Crippen LogP contribution in [0.3, 0.4) is 0 Å². The number of oxime groups is 2. The monoisotopic (exact) mass is 1780 g/mol. The van der Waals surface area contributed by atoms with E-state index < -0.39 is 164 Å². The molecule has 40 nitrogen and oxygen atoms in total. The van der Waals surface area contributed by atoms with E-state index in [9.17, 15) is 56.4 Å². The highest BCUT2D eigenvalue weighted by Crippen LogP contribution is 2.38. The number of amides is 8. The Morgan fingerprint density at radius 3 is 1.11 bits per heavy atom. The van der Waals surface area contributed by atoms with Gasteiger partial charge in [-0.3, -0.25) is 29.8 Å². The van der Waals surface area contributed by atoms with E-state index in [1.165, 1.54) is 38.5 Å². The Balaban J connectivity index is 0.953. The van der Waals surface area contributed by atoms with Crippen LogP contribution in [0.15, 0.2) is 94.4 Å². The number of aromatic nitrogens is 6. The molecule has 2 aliphatic rings. The third kappa shape index (κ3) is 28.8. The molecule has 123 heavy (non-hydrogen) atoms. The number of anilines is 2. The molecule has 0 radical (unpaired) electrons. The predicted octanol–water partition coefficient (Wildman–Crippen LogP) is 8.75. The van der Waals surface area contributed by atoms with Gasteiger partial charge in [0.25, 0.3) is 35.8 Å². The molecule has 4 atom stereocenters. The number of hydrogen-bond acceptors (Lipinski definition) is 30. The highest BCUT2D eigenvalue weighted by atomic mass is 32.3. The molecule has 6 aromatic rings. The summed E-state index contributed by atoms with van der Waals surface area (Å²) in [6, 6.07) is 10.5. The summed E-state index contributed by atoms with van der Waals surface area (Å²) in [6.07, 6.45) is 2.74. The fraction of sp³-hybridized carbons (Fsp3) is 0.550. The second kappa shape index (κ2) is 38.9. The van der Waals surface area contributed by atoms with Crippen molar-refractivity contribution in [2.45, 2.75) is 247 Å². The molecule has 2 aromatic carbocycles. The Morgan fingerprint density at radius 1 is 0.480 bits per heavy atom. The van der Waals surface area contributed by atoms with Crippen molar-refractivity contribution in [1.29, 1.82) is 0 Å². The topological polar surface area (TPSA) is 462 Å². The number of β-lactam (4-membered cyclic amide) rings is 2. The molecule has 672 valence electrons. The fourth-order valence-corrected chi connectivity index (χ4v) is 13.6. The second-order valence-electron chi connectivity index (χ2n) is 35.5. The summed E-state index contributed by atoms with van der Waals surface area (Å²) in [6.45, 7) is 36.2. The number of hydroxylamine groups is 4. The average molecular weight is 1780 g/mol. The van der Waals surface area contributed by atoms with Crippen molar-refractivity contribution in [2.24, 2.45) is 24.4 Å². The van der Waals surface area contributed by atoms with E-state index in [4.69, 9.17) is 56.1 Å². The van der Waals surface area contributed by atoms with Gasteiger partial charge in [-0.2, -0.15) is 27.9 Å². The van der Waals surface area contributed by atoms with Gasteiger partial charge in [0.05, 0.1) is 47.7 Å². The Bertz CT molecular complexity index is 4710. The van der Waals surface area contributed by atoms with Gasteiger partial charge in [0.2, 0.25) is 12.4 Å². The third-order valence-electron chi connectivity index (χ3n) is 16.9. The molecule has 2 saturated heterocycles. The van der Waals surface area contributed by atoms with Crippen LogP contribution in [-0.2, 0) is 113 Å². The van der Waals surface area contributed by atoms with E-state index in [-0.39, 0.29) is 33.1 Å². The van der Waals surface area contributed by atoms with E-state index in [1.54, 1.807) is 173 Å². The standard InChI is InChI=1S/C80H110N16O24S3/c1-73(2,3)111-65(101)55(43-109-51-31-27-47(28-32-51)49-39-91(23)93(41-49)37-25-35-81-69(103)113-75(7,8)9)117-89-57(53-45-121-67(83-53)87-71(105)115-77(13,14)15)61(97)85-59-63(99)95(79(59,19)20)119-123(107,108)120-96-64(100)60(80(96,21)22)86-62(98)58(54-46-122-68(84-54)88-72(106)116-78(16,17)18)90-118-56(66(102)112-74(4,5)6)44-110-52-33-29-48(30-34-52)50-40-92(24)94(42-50)38-26-36-82-70(104)114-76(10,11)12/h27-34,39-42,45-46,55-56,59-60H,25-26,35-38,43-44H2,1-24H3,(H4-2,81,82,83,84,85,86,87,88,97,98,103,104,105,106)/p+2/b89-57-,90-58-/t55-,56-,59+,60+/m0/s1. The van der Waals surface area contributed by atoms with E-state index in [0.29, 0.717) is 49.1 Å². The van der Waals surface area contributed by atoms with Crippen molar-refractivity contribution in [3.8, 4) is 33.8 Å². The summed E-state index contributed by atoms with van der Waals surface area (Å²) in [5, 5.41) is 26.7. The number of nitrogens with one attached hydrogen (secondary N) is 6. The second-order valence-corrected chi connectivity index (χ2v) is 38.4. The van der Waals surface area contributed by atoms with Gasteiger partial charge >= 0.3 is 46.7 Å². The molecule has 0 spiro atoms. The molecule has 0 bridgehead atoms. The van der Waals surface area contributed by atoms with Gasteiger partial charge in [0.1, 0.15) is 81.8 Å².